The third-order valence-corrected chi connectivity index (χ3v) is 7.87. The molecule has 0 bridgehead atoms. The molecule has 2 heterocycles. The third-order valence-electron chi connectivity index (χ3n) is 7.87. The first-order valence-electron chi connectivity index (χ1n) is 13.2. The number of aromatic nitrogens is 2. The van der Waals surface area contributed by atoms with Gasteiger partial charge in [0.1, 0.15) is 11.5 Å². The number of rotatable bonds is 7. The zero-order valence-electron chi connectivity index (χ0n) is 22.2. The maximum absolute atomic E-state index is 15.5. The molecule has 200 valence electrons. The normalized spacial score (nSPS) is 13.8. The molecule has 5 aromatic rings. The highest BCUT2D eigenvalue weighted by Crippen LogP contribution is 2.51. The van der Waals surface area contributed by atoms with Gasteiger partial charge in [-0.1, -0.05) is 42.5 Å². The van der Waals surface area contributed by atoms with Gasteiger partial charge in [0.15, 0.2) is 5.78 Å². The molecule has 1 saturated carbocycles. The van der Waals surface area contributed by atoms with Gasteiger partial charge >= 0.3 is 0 Å². The van der Waals surface area contributed by atoms with Gasteiger partial charge in [-0.25, -0.2) is 8.91 Å². The molecule has 0 radical (unpaired) electrons. The quantitative estimate of drug-likeness (QED) is 0.182. The molecule has 0 unspecified atom stereocenters. The number of carbonyl (C=O) groups excluding carboxylic acids is 2. The van der Waals surface area contributed by atoms with Gasteiger partial charge < -0.3 is 5.32 Å². The van der Waals surface area contributed by atoms with E-state index in [0.717, 1.165) is 22.9 Å². The van der Waals surface area contributed by atoms with E-state index in [1.165, 1.54) is 42.9 Å². The Morgan fingerprint density at radius 3 is 2.33 bits per heavy atom. The van der Waals surface area contributed by atoms with Crippen LogP contribution in [0.25, 0.3) is 27.9 Å². The second-order valence-corrected chi connectivity index (χ2v) is 10.4. The van der Waals surface area contributed by atoms with Crippen molar-refractivity contribution in [2.75, 3.05) is 7.05 Å². The third kappa shape index (κ3) is 4.47. The minimum Gasteiger partial charge on any atom is -0.355 e. The fourth-order valence-electron chi connectivity index (χ4n) is 5.45. The number of hydrogen-bond acceptors (Lipinski definition) is 3. The van der Waals surface area contributed by atoms with Gasteiger partial charge in [-0.15, -0.1) is 0 Å². The number of halogens is 2. The van der Waals surface area contributed by atoms with Crippen molar-refractivity contribution in [3.63, 3.8) is 0 Å². The number of benzene rings is 3. The van der Waals surface area contributed by atoms with Crippen LogP contribution in [0.15, 0.2) is 84.9 Å². The van der Waals surface area contributed by atoms with Crippen LogP contribution in [-0.2, 0) is 5.41 Å². The summed E-state index contributed by atoms with van der Waals surface area (Å²) in [7, 11) is 1.49. The van der Waals surface area contributed by atoms with Crippen molar-refractivity contribution in [1.29, 1.82) is 0 Å². The highest BCUT2D eigenvalue weighted by Gasteiger charge is 2.45. The zero-order chi connectivity index (χ0) is 28.0. The lowest BCUT2D eigenvalue weighted by molar-refractivity contribution is 0.0959. The van der Waals surface area contributed by atoms with E-state index in [-0.39, 0.29) is 28.0 Å². The molecule has 7 heteroatoms. The SMILES string of the molecule is CNC(=O)c1c(-c2ccc(F)cc2)nn2c(F)cc(-c3cc(C(=O)CC4(c5ccccc5)CC4)ccc3C)cc12. The summed E-state index contributed by atoms with van der Waals surface area (Å²) >= 11 is 0. The monoisotopic (exact) mass is 535 g/mol. The Bertz CT molecular complexity index is 1770. The van der Waals surface area contributed by atoms with Crippen LogP contribution in [0.2, 0.25) is 0 Å². The summed E-state index contributed by atoms with van der Waals surface area (Å²) in [5.41, 5.74) is 4.89. The fraction of sp³-hybridized carbons (Fsp3) is 0.182. The predicted molar refractivity (Wildman–Crippen MR) is 150 cm³/mol. The number of amides is 1. The van der Waals surface area contributed by atoms with E-state index >= 15 is 4.39 Å². The molecule has 2 aromatic heterocycles. The molecule has 6 rings (SSSR count). The van der Waals surface area contributed by atoms with Crippen LogP contribution in [0.3, 0.4) is 0 Å². The summed E-state index contributed by atoms with van der Waals surface area (Å²) in [6.07, 6.45) is 2.36. The second-order valence-electron chi connectivity index (χ2n) is 10.4. The van der Waals surface area contributed by atoms with Crippen molar-refractivity contribution < 1.29 is 18.4 Å². The minimum absolute atomic E-state index is 0.0400. The topological polar surface area (TPSA) is 63.5 Å². The largest absolute Gasteiger partial charge is 0.355 e. The number of fused-ring (bicyclic) bond motifs is 1. The van der Waals surface area contributed by atoms with Crippen molar-refractivity contribution in [3.8, 4) is 22.4 Å². The van der Waals surface area contributed by atoms with Crippen LogP contribution in [0.1, 0.15) is 51.1 Å². The number of aryl methyl sites for hydroxylation is 1. The Hall–Kier alpha value is -4.65. The molecule has 5 nitrogen and oxygen atoms in total. The number of pyridine rings is 1. The average molecular weight is 536 g/mol. The van der Waals surface area contributed by atoms with E-state index in [4.69, 9.17) is 0 Å². The molecule has 40 heavy (non-hydrogen) atoms. The molecular formula is C33H27F2N3O2. The van der Waals surface area contributed by atoms with Gasteiger partial charge in [0.25, 0.3) is 5.91 Å². The maximum Gasteiger partial charge on any atom is 0.255 e. The van der Waals surface area contributed by atoms with Crippen molar-refractivity contribution in [2.24, 2.45) is 0 Å². The van der Waals surface area contributed by atoms with E-state index in [1.807, 2.05) is 37.3 Å². The molecule has 1 aliphatic carbocycles. The van der Waals surface area contributed by atoms with Crippen molar-refractivity contribution in [1.82, 2.24) is 14.9 Å². The van der Waals surface area contributed by atoms with Gasteiger partial charge in [-0.2, -0.15) is 9.49 Å². The smallest absolute Gasteiger partial charge is 0.255 e. The first-order valence-corrected chi connectivity index (χ1v) is 13.2. The summed E-state index contributed by atoms with van der Waals surface area (Å²) in [4.78, 5) is 26.4. The van der Waals surface area contributed by atoms with Gasteiger partial charge in [-0.3, -0.25) is 9.59 Å². The molecular weight excluding hydrogens is 508 g/mol. The van der Waals surface area contributed by atoms with Crippen LogP contribution in [-0.4, -0.2) is 28.4 Å². The van der Waals surface area contributed by atoms with Gasteiger partial charge in [0, 0.05) is 36.1 Å². The Morgan fingerprint density at radius 1 is 0.925 bits per heavy atom. The van der Waals surface area contributed by atoms with E-state index in [1.54, 1.807) is 12.1 Å². The number of carbonyl (C=O) groups is 2. The van der Waals surface area contributed by atoms with Gasteiger partial charge in [0.05, 0.1) is 11.1 Å². The first kappa shape index (κ1) is 25.6. The number of nitrogens with zero attached hydrogens (tertiary/aromatic N) is 2. The van der Waals surface area contributed by atoms with Crippen LogP contribution in [0.5, 0.6) is 0 Å². The first-order chi connectivity index (χ1) is 19.3. The van der Waals surface area contributed by atoms with Crippen LogP contribution in [0.4, 0.5) is 8.78 Å². The Morgan fingerprint density at radius 2 is 1.65 bits per heavy atom. The van der Waals surface area contributed by atoms with Crippen molar-refractivity contribution in [2.45, 2.75) is 31.6 Å². The highest BCUT2D eigenvalue weighted by atomic mass is 19.1. The van der Waals surface area contributed by atoms with E-state index in [0.29, 0.717) is 28.7 Å². The number of ketones is 1. The average Bonchev–Trinajstić information content (AvgIpc) is 3.64. The Balaban J connectivity index is 1.42. The Labute approximate surface area is 230 Å². The van der Waals surface area contributed by atoms with Crippen molar-refractivity contribution in [3.05, 3.63) is 119 Å². The minimum atomic E-state index is -0.664. The van der Waals surface area contributed by atoms with Gasteiger partial charge in [-0.05, 0) is 78.4 Å². The predicted octanol–water partition coefficient (Wildman–Crippen LogP) is 6.92. The molecule has 1 amide bonds. The number of nitrogens with one attached hydrogen (secondary N) is 1. The highest BCUT2D eigenvalue weighted by molar-refractivity contribution is 6.07. The van der Waals surface area contributed by atoms with E-state index in [9.17, 15) is 14.0 Å². The van der Waals surface area contributed by atoms with Gasteiger partial charge in [0.2, 0.25) is 5.95 Å². The molecule has 0 spiro atoms. The molecule has 0 saturated heterocycles. The zero-order valence-corrected chi connectivity index (χ0v) is 22.2. The molecule has 1 aliphatic rings. The molecule has 1 fully saturated rings. The summed E-state index contributed by atoms with van der Waals surface area (Å²) in [5, 5.41) is 6.97. The fourth-order valence-corrected chi connectivity index (χ4v) is 5.45. The van der Waals surface area contributed by atoms with Crippen LogP contribution >= 0.6 is 0 Å². The maximum atomic E-state index is 15.5. The second kappa shape index (κ2) is 9.83. The lowest BCUT2D eigenvalue weighted by Gasteiger charge is -2.16. The van der Waals surface area contributed by atoms with E-state index < -0.39 is 17.7 Å². The molecule has 0 aliphatic heterocycles. The Kier molecular flexibility index (Phi) is 6.29. The van der Waals surface area contributed by atoms with Crippen LogP contribution in [0, 0.1) is 18.7 Å². The van der Waals surface area contributed by atoms with Crippen LogP contribution < -0.4 is 5.32 Å². The summed E-state index contributed by atoms with van der Waals surface area (Å²) in [5.74, 6) is -1.49. The molecule has 0 atom stereocenters. The molecule has 1 N–H and O–H groups in total. The summed E-state index contributed by atoms with van der Waals surface area (Å²) in [6.45, 7) is 1.90. The summed E-state index contributed by atoms with van der Waals surface area (Å²) in [6, 6.07) is 24.2. The van der Waals surface area contributed by atoms with Crippen molar-refractivity contribution >= 4 is 17.2 Å². The number of hydrogen-bond donors (Lipinski definition) is 1. The lowest BCUT2D eigenvalue weighted by atomic mass is 9.87. The standard InChI is InChI=1S/C33H27F2N3O2/c1-20-8-9-22(28(39)19-33(14-15-33)24-6-4-3-5-7-24)16-26(20)23-17-27-30(32(40)36-2)31(37-38(27)29(35)18-23)21-10-12-25(34)13-11-21/h3-13,16-18H,14-15,19H2,1-2H3,(H,36,40). The van der Waals surface area contributed by atoms with E-state index in [2.05, 4.69) is 22.5 Å². The summed E-state index contributed by atoms with van der Waals surface area (Å²) < 4.78 is 30.2. The number of Topliss-reactive ketones (excluding diaryl/α,β-unsaturated/α-hetero) is 1. The lowest BCUT2D eigenvalue weighted by Crippen LogP contribution is -2.18. The molecule has 3 aromatic carbocycles.